The minimum absolute atomic E-state index is 0.832. The van der Waals surface area contributed by atoms with E-state index in [0.29, 0.717) is 0 Å². The van der Waals surface area contributed by atoms with Gasteiger partial charge in [-0.25, -0.2) is 9.97 Å². The van der Waals surface area contributed by atoms with Crippen LogP contribution in [0, 0.1) is 0 Å². The Morgan fingerprint density at radius 3 is 2.56 bits per heavy atom. The largest absolute Gasteiger partial charge is 0.372 e. The van der Waals surface area contributed by atoms with Crippen LogP contribution in [0.15, 0.2) is 36.7 Å². The highest BCUT2D eigenvalue weighted by atomic mass is 15.2. The molecule has 1 aliphatic rings. The van der Waals surface area contributed by atoms with Crippen LogP contribution in [0.4, 0.5) is 23.0 Å². The number of hydrogen-bond acceptors (Lipinski definition) is 5. The van der Waals surface area contributed by atoms with E-state index in [0.717, 1.165) is 23.9 Å². The highest BCUT2D eigenvalue weighted by Crippen LogP contribution is 2.24. The zero-order valence-electron chi connectivity index (χ0n) is 15.4. The third-order valence-electron chi connectivity index (χ3n) is 4.75. The van der Waals surface area contributed by atoms with E-state index in [4.69, 9.17) is 0 Å². The second-order valence-electron chi connectivity index (χ2n) is 6.76. The second kappa shape index (κ2) is 8.70. The summed E-state index contributed by atoms with van der Waals surface area (Å²) in [6, 6.07) is 10.7. The average Bonchev–Trinajstić information content (AvgIpc) is 2.67. The number of rotatable bonds is 7. The number of aromatic nitrogens is 2. The van der Waals surface area contributed by atoms with Gasteiger partial charge in [0.15, 0.2) is 0 Å². The Bertz CT molecular complexity index is 649. The third-order valence-corrected chi connectivity index (χ3v) is 4.75. The van der Waals surface area contributed by atoms with Crippen molar-refractivity contribution >= 4 is 23.0 Å². The molecule has 0 spiro atoms. The predicted molar refractivity (Wildman–Crippen MR) is 106 cm³/mol. The average molecular weight is 339 g/mol. The van der Waals surface area contributed by atoms with Crippen LogP contribution in [0.2, 0.25) is 0 Å². The summed E-state index contributed by atoms with van der Waals surface area (Å²) in [4.78, 5) is 13.4. The van der Waals surface area contributed by atoms with Crippen molar-refractivity contribution in [2.45, 2.75) is 39.0 Å². The van der Waals surface area contributed by atoms with Crippen LogP contribution in [0.5, 0.6) is 0 Å². The molecule has 2 aromatic rings. The van der Waals surface area contributed by atoms with Crippen LogP contribution in [0.25, 0.3) is 0 Å². The molecule has 0 amide bonds. The Kier molecular flexibility index (Phi) is 6.09. The molecule has 1 fully saturated rings. The molecule has 0 unspecified atom stereocenters. The normalized spacial score (nSPS) is 14.4. The molecule has 134 valence electrons. The molecule has 1 aromatic carbocycles. The van der Waals surface area contributed by atoms with Crippen molar-refractivity contribution in [2.75, 3.05) is 41.8 Å². The van der Waals surface area contributed by atoms with Crippen LogP contribution in [-0.2, 0) is 0 Å². The molecular weight excluding hydrogens is 310 g/mol. The van der Waals surface area contributed by atoms with Crippen LogP contribution in [0.1, 0.15) is 39.0 Å². The SMILES string of the molecule is CCCCN(C)c1cc(Nc2ccc(N3CCCCC3)cc2)ncn1. The van der Waals surface area contributed by atoms with E-state index in [9.17, 15) is 0 Å². The van der Waals surface area contributed by atoms with Crippen molar-refractivity contribution in [3.63, 3.8) is 0 Å². The van der Waals surface area contributed by atoms with E-state index in [1.54, 1.807) is 6.33 Å². The van der Waals surface area contributed by atoms with Crippen LogP contribution in [0.3, 0.4) is 0 Å². The summed E-state index contributed by atoms with van der Waals surface area (Å²) in [5.74, 6) is 1.79. The number of hydrogen-bond donors (Lipinski definition) is 1. The van der Waals surface area contributed by atoms with Gasteiger partial charge in [-0.15, -0.1) is 0 Å². The van der Waals surface area contributed by atoms with E-state index >= 15 is 0 Å². The van der Waals surface area contributed by atoms with Crippen LogP contribution >= 0.6 is 0 Å². The first-order chi connectivity index (χ1) is 12.3. The van der Waals surface area contributed by atoms with E-state index in [-0.39, 0.29) is 0 Å². The third kappa shape index (κ3) is 4.84. The summed E-state index contributed by atoms with van der Waals surface area (Å²) in [5.41, 5.74) is 2.37. The van der Waals surface area contributed by atoms with Crippen molar-refractivity contribution in [3.05, 3.63) is 36.7 Å². The Balaban J connectivity index is 1.63. The van der Waals surface area contributed by atoms with E-state index in [1.165, 1.54) is 50.9 Å². The van der Waals surface area contributed by atoms with Gasteiger partial charge >= 0.3 is 0 Å². The minimum Gasteiger partial charge on any atom is -0.372 e. The van der Waals surface area contributed by atoms with Gasteiger partial charge < -0.3 is 15.1 Å². The highest BCUT2D eigenvalue weighted by molar-refractivity contribution is 5.62. The van der Waals surface area contributed by atoms with Crippen molar-refractivity contribution < 1.29 is 0 Å². The fourth-order valence-electron chi connectivity index (χ4n) is 3.19. The number of unbranched alkanes of at least 4 members (excludes halogenated alkanes) is 1. The zero-order valence-corrected chi connectivity index (χ0v) is 15.4. The molecule has 0 bridgehead atoms. The Hall–Kier alpha value is -2.30. The summed E-state index contributed by atoms with van der Waals surface area (Å²) < 4.78 is 0. The Labute approximate surface area is 151 Å². The van der Waals surface area contributed by atoms with E-state index < -0.39 is 0 Å². The van der Waals surface area contributed by atoms with Gasteiger partial charge in [-0.3, -0.25) is 0 Å². The summed E-state index contributed by atoms with van der Waals surface area (Å²) in [5, 5.41) is 3.39. The molecule has 5 heteroatoms. The van der Waals surface area contributed by atoms with Crippen molar-refractivity contribution in [1.29, 1.82) is 0 Å². The maximum Gasteiger partial charge on any atom is 0.135 e. The summed E-state index contributed by atoms with van der Waals surface area (Å²) in [7, 11) is 2.08. The standard InChI is InChI=1S/C20H29N5/c1-3-4-12-24(2)20-15-19(21-16-22-20)23-17-8-10-18(11-9-17)25-13-6-5-7-14-25/h8-11,15-16H,3-7,12-14H2,1-2H3,(H,21,22,23). The molecule has 1 N–H and O–H groups in total. The molecule has 3 rings (SSSR count). The molecule has 25 heavy (non-hydrogen) atoms. The molecule has 0 aliphatic carbocycles. The van der Waals surface area contributed by atoms with E-state index in [1.807, 2.05) is 6.07 Å². The molecule has 5 nitrogen and oxygen atoms in total. The highest BCUT2D eigenvalue weighted by Gasteiger charge is 2.10. The monoisotopic (exact) mass is 339 g/mol. The summed E-state index contributed by atoms with van der Waals surface area (Å²) >= 11 is 0. The molecule has 1 saturated heterocycles. The maximum atomic E-state index is 4.38. The fourth-order valence-corrected chi connectivity index (χ4v) is 3.19. The van der Waals surface area contributed by atoms with Crippen molar-refractivity contribution in [3.8, 4) is 0 Å². The summed E-state index contributed by atoms with van der Waals surface area (Å²) in [6.45, 7) is 5.56. The topological polar surface area (TPSA) is 44.3 Å². The minimum atomic E-state index is 0.832. The Morgan fingerprint density at radius 1 is 1.08 bits per heavy atom. The first-order valence-corrected chi connectivity index (χ1v) is 9.41. The number of anilines is 4. The molecule has 2 heterocycles. The molecule has 0 radical (unpaired) electrons. The van der Waals surface area contributed by atoms with Gasteiger partial charge in [0, 0.05) is 44.1 Å². The van der Waals surface area contributed by atoms with Crippen molar-refractivity contribution in [2.24, 2.45) is 0 Å². The molecule has 1 aliphatic heterocycles. The first-order valence-electron chi connectivity index (χ1n) is 9.41. The lowest BCUT2D eigenvalue weighted by Gasteiger charge is -2.28. The first kappa shape index (κ1) is 17.5. The smallest absolute Gasteiger partial charge is 0.135 e. The lowest BCUT2D eigenvalue weighted by Crippen LogP contribution is -2.29. The number of piperidine rings is 1. The molecule has 1 aromatic heterocycles. The van der Waals surface area contributed by atoms with Gasteiger partial charge in [-0.05, 0) is 49.9 Å². The van der Waals surface area contributed by atoms with E-state index in [2.05, 4.69) is 63.3 Å². The molecule has 0 saturated carbocycles. The molecular formula is C20H29N5. The van der Waals surface area contributed by atoms with Gasteiger partial charge in [0.1, 0.15) is 18.0 Å². The lowest BCUT2D eigenvalue weighted by atomic mass is 10.1. The summed E-state index contributed by atoms with van der Waals surface area (Å²) in [6.07, 6.45) is 7.94. The number of nitrogens with zero attached hydrogens (tertiary/aromatic N) is 4. The van der Waals surface area contributed by atoms with Gasteiger partial charge in [0.05, 0.1) is 0 Å². The second-order valence-corrected chi connectivity index (χ2v) is 6.76. The molecule has 0 atom stereocenters. The maximum absolute atomic E-state index is 4.38. The lowest BCUT2D eigenvalue weighted by molar-refractivity contribution is 0.578. The zero-order chi connectivity index (χ0) is 17.5. The quantitative estimate of drug-likeness (QED) is 0.807. The van der Waals surface area contributed by atoms with Gasteiger partial charge in [0.25, 0.3) is 0 Å². The number of benzene rings is 1. The van der Waals surface area contributed by atoms with Crippen LogP contribution in [-0.4, -0.2) is 36.6 Å². The van der Waals surface area contributed by atoms with Crippen molar-refractivity contribution in [1.82, 2.24) is 9.97 Å². The van der Waals surface area contributed by atoms with Gasteiger partial charge in [-0.2, -0.15) is 0 Å². The van der Waals surface area contributed by atoms with Crippen LogP contribution < -0.4 is 15.1 Å². The van der Waals surface area contributed by atoms with Gasteiger partial charge in [0.2, 0.25) is 0 Å². The Morgan fingerprint density at radius 2 is 1.84 bits per heavy atom. The number of nitrogens with one attached hydrogen (secondary N) is 1. The van der Waals surface area contributed by atoms with Gasteiger partial charge in [-0.1, -0.05) is 13.3 Å². The predicted octanol–water partition coefficient (Wildman–Crippen LogP) is 4.45. The fraction of sp³-hybridized carbons (Fsp3) is 0.500.